The van der Waals surface area contributed by atoms with Gasteiger partial charge >= 0.3 is 0 Å². The van der Waals surface area contributed by atoms with Gasteiger partial charge in [0.25, 0.3) is 0 Å². The third kappa shape index (κ3) is 2.31. The van der Waals surface area contributed by atoms with Crippen molar-refractivity contribution in [1.29, 1.82) is 0 Å². The summed E-state index contributed by atoms with van der Waals surface area (Å²) >= 11 is 5.98. The van der Waals surface area contributed by atoms with E-state index in [2.05, 4.69) is 5.10 Å². The van der Waals surface area contributed by atoms with E-state index in [0.29, 0.717) is 12.0 Å². The first kappa shape index (κ1) is 14.6. The van der Waals surface area contributed by atoms with E-state index in [1.54, 1.807) is 13.8 Å². The number of benzene rings is 1. The highest BCUT2D eigenvalue weighted by Crippen LogP contribution is 2.28. The lowest BCUT2D eigenvalue weighted by molar-refractivity contribution is 0.112. The molecule has 0 radical (unpaired) electrons. The standard InChI is InChI=1S/C13H10ClF3N2O/c1-6(2)12-8(5-20)13(14)19(18-12)7-3-9(15)11(17)10(16)4-7/h3-6H,1-2H3. The van der Waals surface area contributed by atoms with Crippen LogP contribution in [0, 0.1) is 17.5 Å². The van der Waals surface area contributed by atoms with Gasteiger partial charge in [0, 0.05) is 12.1 Å². The van der Waals surface area contributed by atoms with E-state index in [1.165, 1.54) is 0 Å². The second-order valence-electron chi connectivity index (χ2n) is 4.50. The van der Waals surface area contributed by atoms with Crippen molar-refractivity contribution >= 4 is 17.9 Å². The van der Waals surface area contributed by atoms with Crippen LogP contribution >= 0.6 is 11.6 Å². The van der Waals surface area contributed by atoms with Gasteiger partial charge in [-0.15, -0.1) is 0 Å². The monoisotopic (exact) mass is 302 g/mol. The molecule has 0 saturated carbocycles. The Morgan fingerprint density at radius 3 is 2.20 bits per heavy atom. The summed E-state index contributed by atoms with van der Waals surface area (Å²) in [6.07, 6.45) is 0.525. The molecule has 0 unspecified atom stereocenters. The van der Waals surface area contributed by atoms with Crippen molar-refractivity contribution < 1.29 is 18.0 Å². The second kappa shape index (κ2) is 5.28. The van der Waals surface area contributed by atoms with Crippen molar-refractivity contribution in [2.24, 2.45) is 0 Å². The molecule has 3 nitrogen and oxygen atoms in total. The predicted octanol–water partition coefficient (Wildman–Crippen LogP) is 3.88. The molecule has 20 heavy (non-hydrogen) atoms. The van der Waals surface area contributed by atoms with Gasteiger partial charge in [0.05, 0.1) is 16.9 Å². The molecule has 0 atom stereocenters. The molecular formula is C13H10ClF3N2O. The van der Waals surface area contributed by atoms with E-state index in [0.717, 1.165) is 16.8 Å². The molecule has 2 aromatic rings. The number of hydrogen-bond donors (Lipinski definition) is 0. The van der Waals surface area contributed by atoms with Gasteiger partial charge in [0.2, 0.25) is 0 Å². The fraction of sp³-hybridized carbons (Fsp3) is 0.231. The highest BCUT2D eigenvalue weighted by molar-refractivity contribution is 6.32. The number of carbonyl (C=O) groups is 1. The molecule has 0 aliphatic heterocycles. The summed E-state index contributed by atoms with van der Waals surface area (Å²) in [7, 11) is 0. The fourth-order valence-electron chi connectivity index (χ4n) is 1.80. The third-order valence-corrected chi connectivity index (χ3v) is 3.13. The number of nitrogens with zero attached hydrogens (tertiary/aromatic N) is 2. The molecule has 7 heteroatoms. The van der Waals surface area contributed by atoms with E-state index in [9.17, 15) is 18.0 Å². The van der Waals surface area contributed by atoms with Crippen LogP contribution in [0.2, 0.25) is 5.15 Å². The summed E-state index contributed by atoms with van der Waals surface area (Å²) in [6, 6.07) is 1.52. The molecular weight excluding hydrogens is 293 g/mol. The predicted molar refractivity (Wildman–Crippen MR) is 67.9 cm³/mol. The maximum atomic E-state index is 13.2. The van der Waals surface area contributed by atoms with Crippen molar-refractivity contribution in [2.75, 3.05) is 0 Å². The lowest BCUT2D eigenvalue weighted by atomic mass is 10.1. The maximum Gasteiger partial charge on any atom is 0.194 e. The zero-order valence-corrected chi connectivity index (χ0v) is 11.4. The summed E-state index contributed by atoms with van der Waals surface area (Å²) < 4.78 is 40.4. The quantitative estimate of drug-likeness (QED) is 0.637. The molecule has 0 saturated heterocycles. The highest BCUT2D eigenvalue weighted by Gasteiger charge is 2.21. The molecule has 0 bridgehead atoms. The SMILES string of the molecule is CC(C)c1nn(-c2cc(F)c(F)c(F)c2)c(Cl)c1C=O. The Morgan fingerprint density at radius 2 is 1.80 bits per heavy atom. The normalized spacial score (nSPS) is 11.2. The number of carbonyl (C=O) groups excluding carboxylic acids is 1. The van der Waals surface area contributed by atoms with E-state index >= 15 is 0 Å². The lowest BCUT2D eigenvalue weighted by Crippen LogP contribution is -2.02. The summed E-state index contributed by atoms with van der Waals surface area (Å²) in [5.74, 6) is -4.39. The summed E-state index contributed by atoms with van der Waals surface area (Å²) in [5.41, 5.74) is 0.448. The van der Waals surface area contributed by atoms with Gasteiger partial charge in [-0.1, -0.05) is 25.4 Å². The molecule has 106 valence electrons. The van der Waals surface area contributed by atoms with Crippen molar-refractivity contribution in [3.05, 3.63) is 46.0 Å². The van der Waals surface area contributed by atoms with Crippen LogP contribution in [0.4, 0.5) is 13.2 Å². The molecule has 1 aromatic heterocycles. The Bertz CT molecular complexity index is 659. The fourth-order valence-corrected chi connectivity index (χ4v) is 2.07. The van der Waals surface area contributed by atoms with E-state index in [1.807, 2.05) is 0 Å². The molecule has 0 fully saturated rings. The van der Waals surface area contributed by atoms with E-state index in [-0.39, 0.29) is 22.3 Å². The first-order valence-electron chi connectivity index (χ1n) is 5.75. The minimum absolute atomic E-state index is 0.0749. The zero-order valence-electron chi connectivity index (χ0n) is 10.6. The lowest BCUT2D eigenvalue weighted by Gasteiger charge is -2.05. The van der Waals surface area contributed by atoms with Gasteiger partial charge in [0.15, 0.2) is 23.7 Å². The number of halogens is 4. The molecule has 1 heterocycles. The Balaban J connectivity index is 2.67. The Labute approximate surface area is 118 Å². The topological polar surface area (TPSA) is 34.9 Å². The smallest absolute Gasteiger partial charge is 0.194 e. The molecule has 0 N–H and O–H groups in total. The van der Waals surface area contributed by atoms with Crippen LogP contribution < -0.4 is 0 Å². The van der Waals surface area contributed by atoms with Crippen molar-refractivity contribution in [3.8, 4) is 5.69 Å². The van der Waals surface area contributed by atoms with Crippen LogP contribution in [-0.4, -0.2) is 16.1 Å². The first-order chi connectivity index (χ1) is 9.36. The molecule has 0 aliphatic rings. The second-order valence-corrected chi connectivity index (χ2v) is 4.86. The van der Waals surface area contributed by atoms with Gasteiger partial charge in [-0.3, -0.25) is 4.79 Å². The van der Waals surface area contributed by atoms with Gasteiger partial charge in [-0.05, 0) is 5.92 Å². The Hall–Kier alpha value is -1.82. The van der Waals surface area contributed by atoms with Crippen LogP contribution in [-0.2, 0) is 0 Å². The summed E-state index contributed by atoms with van der Waals surface area (Å²) in [6.45, 7) is 3.59. The minimum atomic E-state index is -1.57. The van der Waals surface area contributed by atoms with E-state index in [4.69, 9.17) is 11.6 Å². The summed E-state index contributed by atoms with van der Waals surface area (Å²) in [4.78, 5) is 11.0. The number of hydrogen-bond acceptors (Lipinski definition) is 2. The minimum Gasteiger partial charge on any atom is -0.298 e. The molecule has 2 rings (SSSR count). The third-order valence-electron chi connectivity index (χ3n) is 2.77. The Kier molecular flexibility index (Phi) is 3.85. The molecule has 0 amide bonds. The van der Waals surface area contributed by atoms with Crippen molar-refractivity contribution in [1.82, 2.24) is 9.78 Å². The number of aldehydes is 1. The molecule has 1 aromatic carbocycles. The average molecular weight is 303 g/mol. The average Bonchev–Trinajstić information content (AvgIpc) is 2.72. The number of rotatable bonds is 3. The van der Waals surface area contributed by atoms with E-state index < -0.39 is 17.5 Å². The zero-order chi connectivity index (χ0) is 15.0. The largest absolute Gasteiger partial charge is 0.298 e. The van der Waals surface area contributed by atoms with Gasteiger partial charge in [-0.2, -0.15) is 5.10 Å². The van der Waals surface area contributed by atoms with Gasteiger partial charge < -0.3 is 0 Å². The van der Waals surface area contributed by atoms with Gasteiger partial charge in [-0.25, -0.2) is 17.9 Å². The van der Waals surface area contributed by atoms with Gasteiger partial charge in [0.1, 0.15) is 5.15 Å². The van der Waals surface area contributed by atoms with Crippen LogP contribution in [0.1, 0.15) is 35.8 Å². The summed E-state index contributed by atoms with van der Waals surface area (Å²) in [5, 5.41) is 3.99. The van der Waals surface area contributed by atoms with Crippen molar-refractivity contribution in [2.45, 2.75) is 19.8 Å². The van der Waals surface area contributed by atoms with Crippen LogP contribution in [0.5, 0.6) is 0 Å². The Morgan fingerprint density at radius 1 is 1.25 bits per heavy atom. The maximum absolute atomic E-state index is 13.2. The molecule has 0 aliphatic carbocycles. The highest BCUT2D eigenvalue weighted by atomic mass is 35.5. The van der Waals surface area contributed by atoms with Crippen LogP contribution in [0.25, 0.3) is 5.69 Å². The van der Waals surface area contributed by atoms with Crippen LogP contribution in [0.3, 0.4) is 0 Å². The number of aromatic nitrogens is 2. The van der Waals surface area contributed by atoms with Crippen LogP contribution in [0.15, 0.2) is 12.1 Å². The molecule has 0 spiro atoms. The first-order valence-corrected chi connectivity index (χ1v) is 6.13. The van der Waals surface area contributed by atoms with Crippen molar-refractivity contribution in [3.63, 3.8) is 0 Å².